The van der Waals surface area contributed by atoms with Gasteiger partial charge >= 0.3 is 5.97 Å². The maximum Gasteiger partial charge on any atom is 0.338 e. The normalized spacial score (nSPS) is 26.5. The van der Waals surface area contributed by atoms with E-state index in [1.165, 1.54) is 16.7 Å². The monoisotopic (exact) mass is 593 g/mol. The molecule has 2 saturated heterocycles. The smallest absolute Gasteiger partial charge is 0.338 e. The zero-order valence-electron chi connectivity index (χ0n) is 22.9. The third-order valence-electron chi connectivity index (χ3n) is 7.75. The average molecular weight is 594 g/mol. The molecule has 0 spiro atoms. The number of hydrogen-bond acceptors (Lipinski definition) is 8. The maximum absolute atomic E-state index is 13.9. The van der Waals surface area contributed by atoms with Gasteiger partial charge in [-0.1, -0.05) is 90.6 Å². The van der Waals surface area contributed by atoms with Crippen LogP contribution in [0.4, 0.5) is 0 Å². The van der Waals surface area contributed by atoms with Crippen LogP contribution in [0.1, 0.15) is 42.9 Å². The number of amides is 2. The molecule has 2 fully saturated rings. The Kier molecular flexibility index (Phi) is 7.54. The third kappa shape index (κ3) is 5.25. The summed E-state index contributed by atoms with van der Waals surface area (Å²) in [6.07, 6.45) is -3.30. The first-order chi connectivity index (χ1) is 21.1. The lowest BCUT2D eigenvalue weighted by Gasteiger charge is -2.50. The highest BCUT2D eigenvalue weighted by Gasteiger charge is 2.57. The first-order valence-electron chi connectivity index (χ1n) is 14.0. The summed E-state index contributed by atoms with van der Waals surface area (Å²) in [7, 11) is 0. The Morgan fingerprint density at radius 3 is 1.98 bits per heavy atom. The van der Waals surface area contributed by atoms with Crippen LogP contribution in [0.5, 0.6) is 0 Å². The van der Waals surface area contributed by atoms with E-state index >= 15 is 0 Å². The van der Waals surface area contributed by atoms with E-state index < -0.39 is 53.9 Å². The second-order valence-electron chi connectivity index (χ2n) is 10.4. The second kappa shape index (κ2) is 11.8. The predicted molar refractivity (Wildman–Crippen MR) is 157 cm³/mol. The fraction of sp³-hybridized carbons (Fsp3) is 0.206. The first kappa shape index (κ1) is 27.5. The third-order valence-corrected chi connectivity index (χ3v) is 8.92. The molecule has 0 aromatic heterocycles. The van der Waals surface area contributed by atoms with Crippen molar-refractivity contribution in [2.24, 2.45) is 0 Å². The van der Waals surface area contributed by atoms with Gasteiger partial charge in [0, 0.05) is 10.5 Å². The van der Waals surface area contributed by atoms with Crippen LogP contribution >= 0.6 is 11.8 Å². The lowest BCUT2D eigenvalue weighted by Crippen LogP contribution is -2.67. The van der Waals surface area contributed by atoms with Crippen LogP contribution in [-0.2, 0) is 18.9 Å². The van der Waals surface area contributed by atoms with Gasteiger partial charge in [-0.15, -0.1) is 0 Å². The summed E-state index contributed by atoms with van der Waals surface area (Å²) in [5.74, 6) is -1.54. The summed E-state index contributed by atoms with van der Waals surface area (Å²) < 4.78 is 25.4. The molecule has 6 atom stereocenters. The summed E-state index contributed by atoms with van der Waals surface area (Å²) in [5, 5.41) is 0. The Morgan fingerprint density at radius 2 is 1.33 bits per heavy atom. The Morgan fingerprint density at radius 1 is 0.744 bits per heavy atom. The Balaban J connectivity index is 1.31. The van der Waals surface area contributed by atoms with Gasteiger partial charge in [-0.25, -0.2) is 4.79 Å². The summed E-state index contributed by atoms with van der Waals surface area (Å²) in [5.41, 5.74) is 0.917. The zero-order valence-corrected chi connectivity index (χ0v) is 23.7. The molecule has 0 N–H and O–H groups in total. The van der Waals surface area contributed by atoms with Crippen LogP contribution in [0.3, 0.4) is 0 Å². The van der Waals surface area contributed by atoms with E-state index in [0.717, 1.165) is 10.5 Å². The van der Waals surface area contributed by atoms with Crippen LogP contribution in [-0.4, -0.2) is 59.1 Å². The number of thioether (sulfide) groups is 1. The molecule has 3 aliphatic heterocycles. The fourth-order valence-electron chi connectivity index (χ4n) is 5.72. The van der Waals surface area contributed by atoms with Gasteiger partial charge in [-0.3, -0.25) is 14.5 Å². The summed E-state index contributed by atoms with van der Waals surface area (Å²) >= 11 is 1.35. The van der Waals surface area contributed by atoms with Gasteiger partial charge in [0.25, 0.3) is 11.8 Å². The van der Waals surface area contributed by atoms with Crippen molar-refractivity contribution in [3.63, 3.8) is 0 Å². The van der Waals surface area contributed by atoms with Crippen molar-refractivity contribution < 1.29 is 33.3 Å². The van der Waals surface area contributed by atoms with Gasteiger partial charge in [0.05, 0.1) is 23.3 Å². The van der Waals surface area contributed by atoms with E-state index in [2.05, 4.69) is 0 Å². The minimum absolute atomic E-state index is 0.157. The highest BCUT2D eigenvalue weighted by atomic mass is 32.2. The molecule has 7 rings (SSSR count). The van der Waals surface area contributed by atoms with E-state index in [0.29, 0.717) is 16.7 Å². The molecule has 4 aromatic carbocycles. The van der Waals surface area contributed by atoms with E-state index in [4.69, 9.17) is 18.9 Å². The molecule has 4 aromatic rings. The molecule has 0 saturated carbocycles. The Labute approximate surface area is 252 Å². The standard InChI is InChI=1S/C34H27NO7S/c36-30-24-18-10-11-19-25(24)31(37)35(30)27-29(41-32(38)21-12-4-1-5-13-21)28-26(40-34(27)43-23-16-8-3-9-17-23)20-39-33(42-28)22-14-6-2-7-15-22/h1-19,26-29,33-34H,20H2/t26-,27-,28-,29-,33-,34+/m1/s1. The van der Waals surface area contributed by atoms with Crippen molar-refractivity contribution >= 4 is 29.5 Å². The molecule has 3 heterocycles. The molecule has 0 bridgehead atoms. The Hall–Kier alpha value is -4.28. The van der Waals surface area contributed by atoms with Crippen molar-refractivity contribution in [1.29, 1.82) is 0 Å². The number of esters is 1. The number of hydrogen-bond donors (Lipinski definition) is 0. The highest BCUT2D eigenvalue weighted by molar-refractivity contribution is 7.99. The molecule has 43 heavy (non-hydrogen) atoms. The van der Waals surface area contributed by atoms with E-state index in [9.17, 15) is 14.4 Å². The van der Waals surface area contributed by atoms with Gasteiger partial charge in [0.15, 0.2) is 12.4 Å². The SMILES string of the molecule is O=C(O[C@H]1[C@@H]2O[C@H](c3ccccc3)OC[C@H]2O[C@@H](Sc2ccccc2)[C@@H]1N1C(=O)c2ccccc2C1=O)c1ccccc1. The van der Waals surface area contributed by atoms with Gasteiger partial charge in [0.2, 0.25) is 0 Å². The number of benzene rings is 4. The van der Waals surface area contributed by atoms with Crippen LogP contribution in [0.2, 0.25) is 0 Å². The number of carbonyl (C=O) groups is 3. The first-order valence-corrected chi connectivity index (χ1v) is 14.9. The number of rotatable bonds is 6. The summed E-state index contributed by atoms with van der Waals surface area (Å²) in [6, 6.07) is 33.3. The predicted octanol–water partition coefficient (Wildman–Crippen LogP) is 5.51. The van der Waals surface area contributed by atoms with Crippen LogP contribution in [0.25, 0.3) is 0 Å². The second-order valence-corrected chi connectivity index (χ2v) is 11.6. The van der Waals surface area contributed by atoms with Crippen LogP contribution in [0.15, 0.2) is 120 Å². The highest BCUT2D eigenvalue weighted by Crippen LogP contribution is 2.43. The van der Waals surface area contributed by atoms with E-state index in [1.807, 2.05) is 60.7 Å². The van der Waals surface area contributed by atoms with Gasteiger partial charge in [-0.2, -0.15) is 0 Å². The van der Waals surface area contributed by atoms with Crippen molar-refractivity contribution in [3.05, 3.63) is 138 Å². The van der Waals surface area contributed by atoms with Gasteiger partial charge < -0.3 is 18.9 Å². The molecule has 216 valence electrons. The molecule has 0 unspecified atom stereocenters. The average Bonchev–Trinajstić information content (AvgIpc) is 3.31. The number of fused-ring (bicyclic) bond motifs is 2. The molecule has 0 aliphatic carbocycles. The molecule has 3 aliphatic rings. The summed E-state index contributed by atoms with van der Waals surface area (Å²) in [4.78, 5) is 43.4. The molecule has 2 amide bonds. The van der Waals surface area contributed by atoms with Crippen molar-refractivity contribution in [3.8, 4) is 0 Å². The molecule has 8 nitrogen and oxygen atoms in total. The van der Waals surface area contributed by atoms with Crippen molar-refractivity contribution in [2.75, 3.05) is 6.61 Å². The fourth-order valence-corrected chi connectivity index (χ4v) is 6.92. The molecular weight excluding hydrogens is 566 g/mol. The minimum Gasteiger partial charge on any atom is -0.454 e. The Bertz CT molecular complexity index is 1600. The topological polar surface area (TPSA) is 91.4 Å². The lowest BCUT2D eigenvalue weighted by molar-refractivity contribution is -0.309. The summed E-state index contributed by atoms with van der Waals surface area (Å²) in [6.45, 7) is 0.157. The zero-order chi connectivity index (χ0) is 29.3. The van der Waals surface area contributed by atoms with E-state index in [1.54, 1.807) is 54.6 Å². The van der Waals surface area contributed by atoms with Gasteiger partial charge in [0.1, 0.15) is 23.7 Å². The molecule has 0 radical (unpaired) electrons. The number of nitrogens with zero attached hydrogens (tertiary/aromatic N) is 1. The number of imide groups is 1. The van der Waals surface area contributed by atoms with Crippen molar-refractivity contribution in [1.82, 2.24) is 4.90 Å². The quantitative estimate of drug-likeness (QED) is 0.214. The maximum atomic E-state index is 13.9. The van der Waals surface area contributed by atoms with Crippen LogP contribution in [0, 0.1) is 0 Å². The molecule has 9 heteroatoms. The number of carbonyl (C=O) groups excluding carboxylic acids is 3. The van der Waals surface area contributed by atoms with E-state index in [-0.39, 0.29) is 6.61 Å². The number of ether oxygens (including phenoxy) is 4. The minimum atomic E-state index is -1.06. The molecular formula is C34H27NO7S. The van der Waals surface area contributed by atoms with Gasteiger partial charge in [-0.05, 0) is 36.4 Å². The van der Waals surface area contributed by atoms with Crippen molar-refractivity contribution in [2.45, 2.75) is 41.0 Å². The largest absolute Gasteiger partial charge is 0.454 e. The lowest BCUT2D eigenvalue weighted by atomic mass is 9.95. The van der Waals surface area contributed by atoms with Crippen LogP contribution < -0.4 is 0 Å².